The molecule has 1 saturated heterocycles. The van der Waals surface area contributed by atoms with Gasteiger partial charge in [0.05, 0.1) is 6.42 Å². The lowest BCUT2D eigenvalue weighted by Crippen LogP contribution is -2.52. The fourth-order valence-electron chi connectivity index (χ4n) is 2.45. The number of carboxylic acid groups (broad SMARTS) is 1. The van der Waals surface area contributed by atoms with E-state index in [0.29, 0.717) is 13.0 Å². The van der Waals surface area contributed by atoms with E-state index in [1.807, 2.05) is 13.8 Å². The Hall–Kier alpha value is -1.59. The molecule has 2 atom stereocenters. The maximum absolute atomic E-state index is 12.4. The van der Waals surface area contributed by atoms with Crippen LogP contribution in [0.15, 0.2) is 0 Å². The minimum Gasteiger partial charge on any atom is -0.481 e. The molecule has 0 aromatic rings. The van der Waals surface area contributed by atoms with E-state index in [0.717, 1.165) is 6.42 Å². The van der Waals surface area contributed by atoms with Crippen LogP contribution in [0, 0.1) is 5.92 Å². The summed E-state index contributed by atoms with van der Waals surface area (Å²) < 4.78 is 0. The van der Waals surface area contributed by atoms with Crippen molar-refractivity contribution in [2.24, 2.45) is 5.92 Å². The minimum absolute atomic E-state index is 0.0255. The third kappa shape index (κ3) is 4.22. The number of hydrogen-bond acceptors (Lipinski definition) is 3. The summed E-state index contributed by atoms with van der Waals surface area (Å²) >= 11 is 0. The first-order valence-corrected chi connectivity index (χ1v) is 6.62. The molecule has 0 saturated carbocycles. The highest BCUT2D eigenvalue weighted by Crippen LogP contribution is 2.22. The molecule has 6 nitrogen and oxygen atoms in total. The lowest BCUT2D eigenvalue weighted by atomic mass is 10.0. The maximum Gasteiger partial charge on any atom is 0.305 e. The zero-order chi connectivity index (χ0) is 14.6. The highest BCUT2D eigenvalue weighted by Gasteiger charge is 2.35. The van der Waals surface area contributed by atoms with Gasteiger partial charge in [-0.2, -0.15) is 0 Å². The van der Waals surface area contributed by atoms with E-state index in [2.05, 4.69) is 5.32 Å². The van der Waals surface area contributed by atoms with Crippen LogP contribution in [0.5, 0.6) is 0 Å². The topological polar surface area (TPSA) is 86.7 Å². The van der Waals surface area contributed by atoms with Crippen molar-refractivity contribution >= 4 is 17.8 Å². The summed E-state index contributed by atoms with van der Waals surface area (Å²) in [4.78, 5) is 36.0. The van der Waals surface area contributed by atoms with Gasteiger partial charge in [0.15, 0.2) is 0 Å². The zero-order valence-electron chi connectivity index (χ0n) is 11.7. The Balaban J connectivity index is 2.77. The van der Waals surface area contributed by atoms with E-state index in [1.54, 1.807) is 4.90 Å². The third-order valence-corrected chi connectivity index (χ3v) is 3.36. The second-order valence-corrected chi connectivity index (χ2v) is 5.35. The number of aliphatic carboxylic acids is 1. The van der Waals surface area contributed by atoms with Crippen LogP contribution >= 0.6 is 0 Å². The maximum atomic E-state index is 12.4. The molecule has 0 bridgehead atoms. The molecule has 0 spiro atoms. The van der Waals surface area contributed by atoms with E-state index < -0.39 is 12.0 Å². The molecular formula is C13H22N2O4. The van der Waals surface area contributed by atoms with Crippen LogP contribution in [-0.2, 0) is 14.4 Å². The lowest BCUT2D eigenvalue weighted by molar-refractivity contribution is -0.142. The molecule has 0 aliphatic carbocycles. The summed E-state index contributed by atoms with van der Waals surface area (Å²) in [6, 6.07) is -0.827. The number of rotatable bonds is 5. The molecule has 1 aliphatic rings. The molecule has 108 valence electrons. The van der Waals surface area contributed by atoms with E-state index in [-0.39, 0.29) is 30.2 Å². The fraction of sp³-hybridized carbons (Fsp3) is 0.769. The highest BCUT2D eigenvalue weighted by atomic mass is 16.4. The number of amides is 2. The van der Waals surface area contributed by atoms with Crippen molar-refractivity contribution in [3.05, 3.63) is 0 Å². The Labute approximate surface area is 113 Å². The highest BCUT2D eigenvalue weighted by molar-refractivity contribution is 5.87. The van der Waals surface area contributed by atoms with Crippen molar-refractivity contribution in [2.75, 3.05) is 6.54 Å². The average molecular weight is 270 g/mol. The molecule has 0 aromatic heterocycles. The third-order valence-electron chi connectivity index (χ3n) is 3.36. The van der Waals surface area contributed by atoms with Crippen LogP contribution < -0.4 is 5.32 Å². The number of nitrogens with one attached hydrogen (secondary N) is 1. The molecule has 6 heteroatoms. The van der Waals surface area contributed by atoms with Crippen molar-refractivity contribution in [1.29, 1.82) is 0 Å². The molecule has 0 aromatic carbocycles. The summed E-state index contributed by atoms with van der Waals surface area (Å²) in [6.07, 6.45) is 1.49. The second-order valence-electron chi connectivity index (χ2n) is 5.35. The normalized spacial score (nSPS) is 20.4. The molecule has 2 unspecified atom stereocenters. The van der Waals surface area contributed by atoms with Gasteiger partial charge >= 0.3 is 5.97 Å². The van der Waals surface area contributed by atoms with Crippen LogP contribution in [-0.4, -0.2) is 46.4 Å². The Morgan fingerprint density at radius 3 is 2.47 bits per heavy atom. The molecule has 2 amide bonds. The fourth-order valence-corrected chi connectivity index (χ4v) is 2.45. The SMILES string of the molecule is CC(=O)NC(C(=O)N1CCCC1CC(=O)O)C(C)C. The van der Waals surface area contributed by atoms with Gasteiger partial charge in [-0.3, -0.25) is 14.4 Å². The number of likely N-dealkylation sites (tertiary alicyclic amines) is 1. The van der Waals surface area contributed by atoms with Crippen molar-refractivity contribution in [3.63, 3.8) is 0 Å². The van der Waals surface area contributed by atoms with Crippen molar-refractivity contribution in [3.8, 4) is 0 Å². The molecule has 1 rings (SSSR count). The number of carbonyl (C=O) groups is 3. The van der Waals surface area contributed by atoms with Crippen LogP contribution in [0.3, 0.4) is 0 Å². The molecular weight excluding hydrogens is 248 g/mol. The van der Waals surface area contributed by atoms with E-state index in [4.69, 9.17) is 5.11 Å². The van der Waals surface area contributed by atoms with Crippen LogP contribution in [0.1, 0.15) is 40.0 Å². The monoisotopic (exact) mass is 270 g/mol. The van der Waals surface area contributed by atoms with Crippen molar-refractivity contribution in [1.82, 2.24) is 10.2 Å². The molecule has 1 heterocycles. The summed E-state index contributed by atoms with van der Waals surface area (Å²) in [5.41, 5.74) is 0. The zero-order valence-corrected chi connectivity index (χ0v) is 11.7. The Morgan fingerprint density at radius 2 is 2.00 bits per heavy atom. The smallest absolute Gasteiger partial charge is 0.305 e. The second kappa shape index (κ2) is 6.54. The van der Waals surface area contributed by atoms with Gasteiger partial charge in [-0.25, -0.2) is 0 Å². The van der Waals surface area contributed by atoms with E-state index in [1.165, 1.54) is 6.92 Å². The first kappa shape index (κ1) is 15.5. The minimum atomic E-state index is -0.898. The van der Waals surface area contributed by atoms with Gasteiger partial charge in [0.1, 0.15) is 6.04 Å². The molecule has 0 radical (unpaired) electrons. The van der Waals surface area contributed by atoms with Gasteiger partial charge in [0.25, 0.3) is 0 Å². The standard InChI is InChI=1S/C13H22N2O4/c1-8(2)12(14-9(3)16)13(19)15-6-4-5-10(15)7-11(17)18/h8,10,12H,4-7H2,1-3H3,(H,14,16)(H,17,18). The van der Waals surface area contributed by atoms with Crippen molar-refractivity contribution < 1.29 is 19.5 Å². The summed E-state index contributed by atoms with van der Waals surface area (Å²) in [5.74, 6) is -1.34. The Morgan fingerprint density at radius 1 is 1.37 bits per heavy atom. The molecule has 1 fully saturated rings. The molecule has 2 N–H and O–H groups in total. The molecule has 1 aliphatic heterocycles. The summed E-state index contributed by atoms with van der Waals surface area (Å²) in [7, 11) is 0. The van der Waals surface area contributed by atoms with Gasteiger partial charge in [-0.05, 0) is 18.8 Å². The van der Waals surface area contributed by atoms with Gasteiger partial charge in [0, 0.05) is 19.5 Å². The molecule has 19 heavy (non-hydrogen) atoms. The number of carboxylic acids is 1. The van der Waals surface area contributed by atoms with Gasteiger partial charge in [-0.15, -0.1) is 0 Å². The first-order chi connectivity index (χ1) is 8.82. The predicted octanol–water partition coefficient (Wildman–Crippen LogP) is 0.613. The number of hydrogen-bond donors (Lipinski definition) is 2. The number of nitrogens with zero attached hydrogens (tertiary/aromatic N) is 1. The van der Waals surface area contributed by atoms with Gasteiger partial charge < -0.3 is 15.3 Å². The first-order valence-electron chi connectivity index (χ1n) is 6.62. The van der Waals surface area contributed by atoms with Crippen molar-refractivity contribution in [2.45, 2.75) is 52.1 Å². The van der Waals surface area contributed by atoms with Gasteiger partial charge in [-0.1, -0.05) is 13.8 Å². The number of carbonyl (C=O) groups excluding carboxylic acids is 2. The van der Waals surface area contributed by atoms with E-state index in [9.17, 15) is 14.4 Å². The predicted molar refractivity (Wildman–Crippen MR) is 69.4 cm³/mol. The largest absolute Gasteiger partial charge is 0.481 e. The Kier molecular flexibility index (Phi) is 5.32. The van der Waals surface area contributed by atoms with Crippen LogP contribution in [0.4, 0.5) is 0 Å². The van der Waals surface area contributed by atoms with Crippen LogP contribution in [0.2, 0.25) is 0 Å². The quantitative estimate of drug-likeness (QED) is 0.766. The van der Waals surface area contributed by atoms with Crippen LogP contribution in [0.25, 0.3) is 0 Å². The lowest BCUT2D eigenvalue weighted by Gasteiger charge is -2.30. The summed E-state index contributed by atoms with van der Waals surface area (Å²) in [6.45, 7) is 5.67. The Bertz CT molecular complexity index is 368. The summed E-state index contributed by atoms with van der Waals surface area (Å²) in [5, 5.41) is 11.5. The van der Waals surface area contributed by atoms with Gasteiger partial charge in [0.2, 0.25) is 11.8 Å². The van der Waals surface area contributed by atoms with E-state index >= 15 is 0 Å². The average Bonchev–Trinajstić information content (AvgIpc) is 2.71.